The van der Waals surface area contributed by atoms with E-state index in [1.54, 1.807) is 10.0 Å². The molecule has 1 saturated heterocycles. The summed E-state index contributed by atoms with van der Waals surface area (Å²) in [6.45, 7) is 3.13. The van der Waals surface area contributed by atoms with E-state index < -0.39 is 0 Å². The lowest BCUT2D eigenvalue weighted by Gasteiger charge is -2.25. The van der Waals surface area contributed by atoms with Gasteiger partial charge in [0.15, 0.2) is 0 Å². The fourth-order valence-electron chi connectivity index (χ4n) is 3.13. The van der Waals surface area contributed by atoms with Crippen molar-refractivity contribution in [3.05, 3.63) is 23.9 Å². The molecule has 6 nitrogen and oxygen atoms in total. The van der Waals surface area contributed by atoms with E-state index in [0.717, 1.165) is 41.7 Å². The van der Waals surface area contributed by atoms with Crippen molar-refractivity contribution in [2.75, 3.05) is 25.6 Å². The van der Waals surface area contributed by atoms with Gasteiger partial charge in [-0.05, 0) is 38.8 Å². The van der Waals surface area contributed by atoms with Crippen LogP contribution in [0.15, 0.2) is 18.2 Å². The lowest BCUT2D eigenvalue weighted by atomic mass is 10.1. The monoisotopic (exact) mass is 301 g/mol. The summed E-state index contributed by atoms with van der Waals surface area (Å²) >= 11 is 0. The number of aromatic nitrogens is 2. The first-order valence-corrected chi connectivity index (χ1v) is 7.76. The molecule has 1 atom stereocenters. The molecule has 0 radical (unpaired) electrons. The second-order valence-corrected chi connectivity index (χ2v) is 5.97. The number of benzene rings is 1. The number of carbonyl (C=O) groups excluding carboxylic acids is 1. The molecule has 1 aliphatic rings. The van der Waals surface area contributed by atoms with E-state index in [1.165, 1.54) is 12.8 Å². The van der Waals surface area contributed by atoms with Gasteiger partial charge < -0.3 is 0 Å². The normalized spacial score (nSPS) is 18.8. The molecular weight excluding hydrogens is 278 g/mol. The van der Waals surface area contributed by atoms with Gasteiger partial charge in [0.25, 0.3) is 0 Å². The van der Waals surface area contributed by atoms with Crippen molar-refractivity contribution in [3.8, 4) is 0 Å². The highest BCUT2D eigenvalue weighted by molar-refractivity contribution is 5.96. The Labute approximate surface area is 130 Å². The van der Waals surface area contributed by atoms with Crippen molar-refractivity contribution in [1.29, 1.82) is 0 Å². The summed E-state index contributed by atoms with van der Waals surface area (Å²) in [6.07, 6.45) is 4.61. The summed E-state index contributed by atoms with van der Waals surface area (Å²) in [4.78, 5) is 11.4. The van der Waals surface area contributed by atoms with Crippen LogP contribution in [0.25, 0.3) is 10.9 Å². The Morgan fingerprint density at radius 2 is 2.18 bits per heavy atom. The third-order valence-corrected chi connectivity index (χ3v) is 4.31. The molecule has 3 rings (SSSR count). The molecule has 1 amide bonds. The molecule has 6 heteroatoms. The van der Waals surface area contributed by atoms with Gasteiger partial charge in [-0.1, -0.05) is 12.1 Å². The van der Waals surface area contributed by atoms with Crippen molar-refractivity contribution in [2.45, 2.75) is 32.4 Å². The number of fused-ring (bicyclic) bond motifs is 1. The van der Waals surface area contributed by atoms with Gasteiger partial charge in [0, 0.05) is 25.2 Å². The highest BCUT2D eigenvalue weighted by Gasteiger charge is 2.21. The molecule has 2 aromatic rings. The maximum absolute atomic E-state index is 11.4. The molecule has 1 aliphatic heterocycles. The van der Waals surface area contributed by atoms with Crippen molar-refractivity contribution >= 4 is 23.0 Å². The van der Waals surface area contributed by atoms with Gasteiger partial charge in [-0.2, -0.15) is 5.10 Å². The number of piperidine rings is 1. The van der Waals surface area contributed by atoms with Gasteiger partial charge in [0.05, 0.1) is 5.69 Å². The topological polar surface area (TPSA) is 53.4 Å². The molecule has 0 aliphatic carbocycles. The zero-order chi connectivity index (χ0) is 15.7. The number of nitrogens with one attached hydrogen (secondary N) is 1. The van der Waals surface area contributed by atoms with E-state index >= 15 is 0 Å². The largest absolute Gasteiger partial charge is 0.296 e. The number of carbonyl (C=O) groups is 1. The molecule has 1 N–H and O–H groups in total. The second-order valence-electron chi connectivity index (χ2n) is 5.97. The predicted octanol–water partition coefficient (Wildman–Crippen LogP) is 2.06. The number of hydrogen-bond donors (Lipinski definition) is 1. The van der Waals surface area contributed by atoms with Gasteiger partial charge >= 0.3 is 0 Å². The van der Waals surface area contributed by atoms with Crippen molar-refractivity contribution in [1.82, 2.24) is 20.1 Å². The number of aryl methyl sites for hydroxylation is 1. The lowest BCUT2D eigenvalue weighted by Crippen LogP contribution is -2.35. The minimum Gasteiger partial charge on any atom is -0.296 e. The molecule has 118 valence electrons. The smallest absolute Gasteiger partial charge is 0.228 e. The van der Waals surface area contributed by atoms with Crippen LogP contribution < -0.4 is 10.3 Å². The number of amides is 1. The second kappa shape index (κ2) is 6.06. The van der Waals surface area contributed by atoms with Crippen LogP contribution >= 0.6 is 0 Å². The molecule has 0 saturated carbocycles. The van der Waals surface area contributed by atoms with Crippen LogP contribution in [0, 0.1) is 6.92 Å². The zero-order valence-corrected chi connectivity index (χ0v) is 13.4. The Morgan fingerprint density at radius 3 is 2.82 bits per heavy atom. The Kier molecular flexibility index (Phi) is 4.13. The molecule has 1 aromatic carbocycles. The molecule has 1 aromatic heterocycles. The van der Waals surface area contributed by atoms with Crippen LogP contribution in [0.1, 0.15) is 31.1 Å². The van der Waals surface area contributed by atoms with E-state index in [4.69, 9.17) is 5.10 Å². The van der Waals surface area contributed by atoms with E-state index in [2.05, 4.69) is 23.0 Å². The summed E-state index contributed by atoms with van der Waals surface area (Å²) in [5.74, 6) is 0. The highest BCUT2D eigenvalue weighted by atomic mass is 16.1. The van der Waals surface area contributed by atoms with Crippen LogP contribution in [-0.4, -0.2) is 41.8 Å². The zero-order valence-electron chi connectivity index (χ0n) is 13.4. The Hall–Kier alpha value is -1.92. The van der Waals surface area contributed by atoms with Crippen molar-refractivity contribution in [2.24, 2.45) is 0 Å². The number of hydrogen-bond acceptors (Lipinski definition) is 4. The van der Waals surface area contributed by atoms with Crippen LogP contribution in [-0.2, 0) is 4.79 Å². The summed E-state index contributed by atoms with van der Waals surface area (Å²) in [5, 5.41) is 12.8. The van der Waals surface area contributed by atoms with Gasteiger partial charge in [-0.25, -0.2) is 10.0 Å². The standard InChI is InChI=1S/C16H23N5O/c1-12-13-7-6-8-14(20(11-22)19(2)3)16(13)18-21(12)15-9-4-5-10-17-15/h6-8,11,15,17H,4-5,9-10H2,1-3H3. The fourth-order valence-corrected chi connectivity index (χ4v) is 3.13. The fraction of sp³-hybridized carbons (Fsp3) is 0.500. The first kappa shape index (κ1) is 15.0. The summed E-state index contributed by atoms with van der Waals surface area (Å²) in [7, 11) is 3.69. The molecule has 1 fully saturated rings. The Morgan fingerprint density at radius 1 is 1.36 bits per heavy atom. The molecule has 22 heavy (non-hydrogen) atoms. The summed E-state index contributed by atoms with van der Waals surface area (Å²) < 4.78 is 2.08. The van der Waals surface area contributed by atoms with Gasteiger partial charge in [-0.3, -0.25) is 14.8 Å². The quantitative estimate of drug-likeness (QED) is 0.694. The maximum Gasteiger partial charge on any atom is 0.228 e. The van der Waals surface area contributed by atoms with Crippen LogP contribution in [0.5, 0.6) is 0 Å². The van der Waals surface area contributed by atoms with Crippen LogP contribution in [0.2, 0.25) is 0 Å². The van der Waals surface area contributed by atoms with E-state index in [9.17, 15) is 4.79 Å². The number of rotatable bonds is 4. The van der Waals surface area contributed by atoms with Crippen LogP contribution in [0.4, 0.5) is 5.69 Å². The molecular formula is C16H23N5O. The van der Waals surface area contributed by atoms with Crippen molar-refractivity contribution in [3.63, 3.8) is 0 Å². The predicted molar refractivity (Wildman–Crippen MR) is 87.6 cm³/mol. The summed E-state index contributed by atoms with van der Waals surface area (Å²) in [6, 6.07) is 5.98. The first-order chi connectivity index (χ1) is 10.6. The summed E-state index contributed by atoms with van der Waals surface area (Å²) in [5.41, 5.74) is 2.82. The minimum atomic E-state index is 0.248. The van der Waals surface area contributed by atoms with Crippen LogP contribution in [0.3, 0.4) is 0 Å². The van der Waals surface area contributed by atoms with Gasteiger partial charge in [-0.15, -0.1) is 0 Å². The lowest BCUT2D eigenvalue weighted by molar-refractivity contribution is -0.109. The molecule has 0 spiro atoms. The third kappa shape index (κ3) is 2.48. The average Bonchev–Trinajstić information content (AvgIpc) is 2.87. The third-order valence-electron chi connectivity index (χ3n) is 4.31. The van der Waals surface area contributed by atoms with E-state index in [0.29, 0.717) is 0 Å². The highest BCUT2D eigenvalue weighted by Crippen LogP contribution is 2.30. The average molecular weight is 301 g/mol. The van der Waals surface area contributed by atoms with Crippen molar-refractivity contribution < 1.29 is 4.79 Å². The minimum absolute atomic E-state index is 0.248. The molecule has 1 unspecified atom stereocenters. The molecule has 2 heterocycles. The number of anilines is 1. The Bertz CT molecular complexity index is 672. The Balaban J connectivity index is 2.10. The van der Waals surface area contributed by atoms with Gasteiger partial charge in [0.2, 0.25) is 6.41 Å². The maximum atomic E-state index is 11.4. The first-order valence-electron chi connectivity index (χ1n) is 7.76. The van der Waals surface area contributed by atoms with E-state index in [-0.39, 0.29) is 6.17 Å². The number of hydrazine groups is 1. The van der Waals surface area contributed by atoms with E-state index in [1.807, 2.05) is 26.2 Å². The SMILES string of the molecule is Cc1c2cccc(N(C=O)N(C)C)c2nn1C1CCCCN1. The molecule has 0 bridgehead atoms. The number of nitrogens with zero attached hydrogens (tertiary/aromatic N) is 4. The van der Waals surface area contributed by atoms with Gasteiger partial charge in [0.1, 0.15) is 11.7 Å².